The molecule has 0 unspecified atom stereocenters. The van der Waals surface area contributed by atoms with Crippen molar-refractivity contribution in [3.63, 3.8) is 0 Å². The van der Waals surface area contributed by atoms with Gasteiger partial charge in [-0.15, -0.1) is 0 Å². The lowest BCUT2D eigenvalue weighted by molar-refractivity contribution is 0.0509. The summed E-state index contributed by atoms with van der Waals surface area (Å²) in [5, 5.41) is 0. The molecule has 0 saturated carbocycles. The van der Waals surface area contributed by atoms with Crippen LogP contribution in [0.1, 0.15) is 17.4 Å². The Labute approximate surface area is 75.1 Å². The van der Waals surface area contributed by atoms with E-state index in [0.29, 0.717) is 0 Å². The molecule has 13 heavy (non-hydrogen) atoms. The predicted molar refractivity (Wildman–Crippen MR) is 45.7 cm³/mol. The third kappa shape index (κ3) is 1.63. The summed E-state index contributed by atoms with van der Waals surface area (Å²) in [5.74, 6) is -1.42. The van der Waals surface area contributed by atoms with Gasteiger partial charge in [0.2, 0.25) is 0 Å². The molecule has 0 saturated heterocycles. The molecule has 0 radical (unpaired) electrons. The second-order valence-corrected chi connectivity index (χ2v) is 2.58. The highest BCUT2D eigenvalue weighted by atomic mass is 19.1. The quantitative estimate of drug-likeness (QED) is 0.699. The molecule has 0 amide bonds. The lowest BCUT2D eigenvalue weighted by atomic mass is 10.4. The minimum atomic E-state index is -0.721. The van der Waals surface area contributed by atoms with Crippen LogP contribution in [0.2, 0.25) is 0 Å². The Morgan fingerprint density at radius 1 is 1.77 bits per heavy atom. The summed E-state index contributed by atoms with van der Waals surface area (Å²) in [6.07, 6.45) is 1.33. The Morgan fingerprint density at radius 2 is 2.38 bits per heavy atom. The smallest absolute Gasteiger partial charge is 0.358 e. The second kappa shape index (κ2) is 3.47. The van der Waals surface area contributed by atoms with Crippen molar-refractivity contribution in [3.05, 3.63) is 17.7 Å². The van der Waals surface area contributed by atoms with E-state index >= 15 is 0 Å². The number of hydrogen-bond donors (Lipinski definition) is 1. The van der Waals surface area contributed by atoms with Gasteiger partial charge in [-0.05, 0) is 6.92 Å². The number of rotatable bonds is 2. The van der Waals surface area contributed by atoms with Crippen molar-refractivity contribution in [3.8, 4) is 0 Å². The van der Waals surface area contributed by atoms with Gasteiger partial charge in [-0.25, -0.2) is 9.18 Å². The van der Waals surface area contributed by atoms with Gasteiger partial charge in [-0.2, -0.15) is 0 Å². The van der Waals surface area contributed by atoms with Crippen molar-refractivity contribution in [2.45, 2.75) is 6.92 Å². The van der Waals surface area contributed by atoms with E-state index < -0.39 is 11.8 Å². The highest BCUT2D eigenvalue weighted by molar-refractivity contribution is 5.89. The molecule has 1 heterocycles. The molecule has 0 aliphatic carbocycles. The molecule has 1 aromatic rings. The third-order valence-corrected chi connectivity index (χ3v) is 1.62. The molecule has 0 fully saturated rings. The zero-order chi connectivity index (χ0) is 10.0. The molecule has 0 aliphatic rings. The van der Waals surface area contributed by atoms with Gasteiger partial charge >= 0.3 is 5.97 Å². The van der Waals surface area contributed by atoms with Crippen LogP contribution in [0.4, 0.5) is 10.1 Å². The summed E-state index contributed by atoms with van der Waals surface area (Å²) in [4.78, 5) is 11.2. The van der Waals surface area contributed by atoms with E-state index in [4.69, 9.17) is 5.73 Å². The van der Waals surface area contributed by atoms with Crippen LogP contribution in [-0.4, -0.2) is 17.1 Å². The van der Waals surface area contributed by atoms with E-state index in [0.717, 1.165) is 0 Å². The number of carbonyl (C=O) groups is 1. The highest BCUT2D eigenvalue weighted by Gasteiger charge is 2.19. The SMILES string of the molecule is CCOC(=O)c1c(F)c(N)cn1C. The van der Waals surface area contributed by atoms with Crippen molar-refractivity contribution >= 4 is 11.7 Å². The topological polar surface area (TPSA) is 57.2 Å². The maximum Gasteiger partial charge on any atom is 0.358 e. The molecule has 0 spiro atoms. The van der Waals surface area contributed by atoms with E-state index in [-0.39, 0.29) is 18.0 Å². The molecule has 0 bridgehead atoms. The van der Waals surface area contributed by atoms with Crippen LogP contribution in [0.5, 0.6) is 0 Å². The minimum absolute atomic E-state index is 0.0504. The Kier molecular flexibility index (Phi) is 2.55. The monoisotopic (exact) mass is 186 g/mol. The second-order valence-electron chi connectivity index (χ2n) is 2.58. The van der Waals surface area contributed by atoms with Gasteiger partial charge in [0.05, 0.1) is 12.3 Å². The lowest BCUT2D eigenvalue weighted by Gasteiger charge is -2.01. The number of hydrogen-bond acceptors (Lipinski definition) is 3. The number of halogens is 1. The molecule has 4 nitrogen and oxygen atoms in total. The minimum Gasteiger partial charge on any atom is -0.461 e. The molecule has 72 valence electrons. The fourth-order valence-electron chi connectivity index (χ4n) is 1.05. The zero-order valence-corrected chi connectivity index (χ0v) is 7.50. The Hall–Kier alpha value is -1.52. The van der Waals surface area contributed by atoms with E-state index in [1.54, 1.807) is 6.92 Å². The molecule has 1 aromatic heterocycles. The summed E-state index contributed by atoms with van der Waals surface area (Å²) < 4.78 is 19.1. The fraction of sp³-hybridized carbons (Fsp3) is 0.375. The first-order valence-corrected chi connectivity index (χ1v) is 3.85. The lowest BCUT2D eigenvalue weighted by Crippen LogP contribution is -2.11. The molecule has 2 N–H and O–H groups in total. The van der Waals surface area contributed by atoms with E-state index in [2.05, 4.69) is 4.74 Å². The first kappa shape index (κ1) is 9.57. The van der Waals surface area contributed by atoms with Crippen molar-refractivity contribution in [1.82, 2.24) is 4.57 Å². The molecule has 0 atom stereocenters. The van der Waals surface area contributed by atoms with Gasteiger partial charge < -0.3 is 15.0 Å². The van der Waals surface area contributed by atoms with E-state index in [9.17, 15) is 9.18 Å². The molecular formula is C8H11FN2O2. The predicted octanol–water partition coefficient (Wildman–Crippen LogP) is 0.923. The Balaban J connectivity index is 3.06. The average Bonchev–Trinajstić information content (AvgIpc) is 2.27. The first-order chi connectivity index (χ1) is 6.07. The van der Waals surface area contributed by atoms with Crippen LogP contribution in [0.3, 0.4) is 0 Å². The fourth-order valence-corrected chi connectivity index (χ4v) is 1.05. The number of nitrogens with zero attached hydrogens (tertiary/aromatic N) is 1. The zero-order valence-electron chi connectivity index (χ0n) is 7.50. The number of nitrogens with two attached hydrogens (primary N) is 1. The van der Waals surface area contributed by atoms with Gasteiger partial charge in [-0.3, -0.25) is 0 Å². The van der Waals surface area contributed by atoms with Gasteiger partial charge in [0.15, 0.2) is 11.5 Å². The summed E-state index contributed by atoms with van der Waals surface area (Å²) >= 11 is 0. The Morgan fingerprint density at radius 3 is 2.77 bits per heavy atom. The van der Waals surface area contributed by atoms with Crippen LogP contribution in [0.25, 0.3) is 0 Å². The van der Waals surface area contributed by atoms with Crippen molar-refractivity contribution in [1.29, 1.82) is 0 Å². The summed E-state index contributed by atoms with van der Waals surface area (Å²) in [7, 11) is 1.53. The normalized spacial score (nSPS) is 10.1. The summed E-state index contributed by atoms with van der Waals surface area (Å²) in [6.45, 7) is 1.87. The number of aromatic nitrogens is 1. The van der Waals surface area contributed by atoms with Gasteiger partial charge in [0, 0.05) is 13.2 Å². The molecule has 0 aromatic carbocycles. The van der Waals surface area contributed by atoms with Crippen LogP contribution in [0.15, 0.2) is 6.20 Å². The number of carbonyl (C=O) groups excluding carboxylic acids is 1. The summed E-state index contributed by atoms with van der Waals surface area (Å²) in [5.41, 5.74) is 5.08. The standard InChI is InChI=1S/C8H11FN2O2/c1-3-13-8(12)7-6(9)5(10)4-11(7)2/h4H,3,10H2,1-2H3. The maximum atomic E-state index is 13.1. The van der Waals surface area contributed by atoms with Crippen LogP contribution in [0, 0.1) is 5.82 Å². The molecule has 1 rings (SSSR count). The largest absolute Gasteiger partial charge is 0.461 e. The number of ether oxygens (including phenoxy) is 1. The molecular weight excluding hydrogens is 175 g/mol. The third-order valence-electron chi connectivity index (χ3n) is 1.62. The van der Waals surface area contributed by atoms with E-state index in [1.807, 2.05) is 0 Å². The Bertz CT molecular complexity index is 333. The number of esters is 1. The van der Waals surface area contributed by atoms with Crippen molar-refractivity contribution in [2.24, 2.45) is 7.05 Å². The van der Waals surface area contributed by atoms with Gasteiger partial charge in [-0.1, -0.05) is 0 Å². The average molecular weight is 186 g/mol. The molecule has 5 heteroatoms. The van der Waals surface area contributed by atoms with Gasteiger partial charge in [0.25, 0.3) is 0 Å². The number of anilines is 1. The van der Waals surface area contributed by atoms with Crippen molar-refractivity contribution in [2.75, 3.05) is 12.3 Å². The number of aryl methyl sites for hydroxylation is 1. The molecule has 0 aliphatic heterocycles. The number of nitrogen functional groups attached to an aromatic ring is 1. The maximum absolute atomic E-state index is 13.1. The van der Waals surface area contributed by atoms with Crippen molar-refractivity contribution < 1.29 is 13.9 Å². The van der Waals surface area contributed by atoms with Gasteiger partial charge in [0.1, 0.15) is 0 Å². The first-order valence-electron chi connectivity index (χ1n) is 3.85. The van der Waals surface area contributed by atoms with E-state index in [1.165, 1.54) is 17.8 Å². The highest BCUT2D eigenvalue weighted by Crippen LogP contribution is 2.17. The van der Waals surface area contributed by atoms with Crippen LogP contribution < -0.4 is 5.73 Å². The van der Waals surface area contributed by atoms with Crippen LogP contribution in [-0.2, 0) is 11.8 Å². The summed E-state index contributed by atoms with van der Waals surface area (Å²) in [6, 6.07) is 0. The van der Waals surface area contributed by atoms with Crippen LogP contribution >= 0.6 is 0 Å².